The first-order chi connectivity index (χ1) is 6.60. The fourth-order valence-corrected chi connectivity index (χ4v) is 1.71. The molecule has 0 radical (unpaired) electrons. The molecule has 1 aromatic carbocycles. The standard InChI is InChI=1S/C10H10Cl2O2/c1-6-7(5-11)3-8(12)4-9(6)10(13)14-2/h3-4H,5H2,1-2H3. The fraction of sp³-hybridized carbons (Fsp3) is 0.300. The van der Waals surface area contributed by atoms with E-state index < -0.39 is 5.97 Å². The summed E-state index contributed by atoms with van der Waals surface area (Å²) in [6.45, 7) is 1.82. The quantitative estimate of drug-likeness (QED) is 0.579. The molecular formula is C10H10Cl2O2. The van der Waals surface area contributed by atoms with E-state index in [9.17, 15) is 4.79 Å². The van der Waals surface area contributed by atoms with Crippen LogP contribution in [0.15, 0.2) is 12.1 Å². The molecule has 0 saturated heterocycles. The molecular weight excluding hydrogens is 223 g/mol. The van der Waals surface area contributed by atoms with Gasteiger partial charge in [-0.1, -0.05) is 11.6 Å². The average molecular weight is 233 g/mol. The van der Waals surface area contributed by atoms with Crippen molar-refractivity contribution in [2.45, 2.75) is 12.8 Å². The molecule has 2 nitrogen and oxygen atoms in total. The summed E-state index contributed by atoms with van der Waals surface area (Å²) in [6.07, 6.45) is 0. The zero-order valence-electron chi connectivity index (χ0n) is 7.93. The zero-order chi connectivity index (χ0) is 10.7. The summed E-state index contributed by atoms with van der Waals surface area (Å²) in [7, 11) is 1.34. The summed E-state index contributed by atoms with van der Waals surface area (Å²) in [4.78, 5) is 11.3. The number of halogens is 2. The molecule has 0 amide bonds. The van der Waals surface area contributed by atoms with E-state index >= 15 is 0 Å². The third-order valence-electron chi connectivity index (χ3n) is 2.03. The highest BCUT2D eigenvalue weighted by molar-refractivity contribution is 6.31. The number of esters is 1. The topological polar surface area (TPSA) is 26.3 Å². The summed E-state index contributed by atoms with van der Waals surface area (Å²) in [5, 5.41) is 0.492. The van der Waals surface area contributed by atoms with E-state index in [-0.39, 0.29) is 0 Å². The number of benzene rings is 1. The smallest absolute Gasteiger partial charge is 0.338 e. The number of rotatable bonds is 2. The number of carbonyl (C=O) groups excluding carboxylic acids is 1. The molecule has 0 aliphatic rings. The lowest BCUT2D eigenvalue weighted by atomic mass is 10.0. The van der Waals surface area contributed by atoms with Crippen molar-refractivity contribution in [1.29, 1.82) is 0 Å². The summed E-state index contributed by atoms with van der Waals surface area (Å²) < 4.78 is 4.63. The monoisotopic (exact) mass is 232 g/mol. The molecule has 4 heteroatoms. The van der Waals surface area contributed by atoms with Gasteiger partial charge >= 0.3 is 5.97 Å². The molecule has 0 aliphatic carbocycles. The molecule has 76 valence electrons. The molecule has 0 fully saturated rings. The second-order valence-electron chi connectivity index (χ2n) is 2.86. The molecule has 0 aliphatic heterocycles. The maximum Gasteiger partial charge on any atom is 0.338 e. The molecule has 0 heterocycles. The van der Waals surface area contributed by atoms with E-state index in [0.717, 1.165) is 11.1 Å². The second kappa shape index (κ2) is 4.67. The maximum atomic E-state index is 11.3. The normalized spacial score (nSPS) is 10.0. The first-order valence-electron chi connectivity index (χ1n) is 4.03. The van der Waals surface area contributed by atoms with Gasteiger partial charge < -0.3 is 4.74 Å². The molecule has 1 rings (SSSR count). The third-order valence-corrected chi connectivity index (χ3v) is 2.54. The first-order valence-corrected chi connectivity index (χ1v) is 4.94. The SMILES string of the molecule is COC(=O)c1cc(Cl)cc(CCl)c1C. The zero-order valence-corrected chi connectivity index (χ0v) is 9.45. The van der Waals surface area contributed by atoms with E-state index in [2.05, 4.69) is 4.74 Å². The van der Waals surface area contributed by atoms with Gasteiger partial charge in [-0.25, -0.2) is 4.79 Å². The highest BCUT2D eigenvalue weighted by Crippen LogP contribution is 2.22. The molecule has 1 aromatic rings. The third kappa shape index (κ3) is 2.20. The number of ether oxygens (including phenoxy) is 1. The van der Waals surface area contributed by atoms with Gasteiger partial charge in [0.2, 0.25) is 0 Å². The highest BCUT2D eigenvalue weighted by Gasteiger charge is 2.12. The Hall–Kier alpha value is -0.730. The van der Waals surface area contributed by atoms with E-state index in [1.54, 1.807) is 12.1 Å². The Labute approximate surface area is 92.8 Å². The van der Waals surface area contributed by atoms with Gasteiger partial charge in [0, 0.05) is 10.9 Å². The number of carbonyl (C=O) groups is 1. The van der Waals surface area contributed by atoms with Crippen LogP contribution in [0.3, 0.4) is 0 Å². The minimum absolute atomic E-state index is 0.330. The van der Waals surface area contributed by atoms with Crippen molar-refractivity contribution in [3.05, 3.63) is 33.8 Å². The Morgan fingerprint density at radius 2 is 2.14 bits per heavy atom. The average Bonchev–Trinajstić information content (AvgIpc) is 2.19. The Morgan fingerprint density at radius 3 is 2.64 bits per heavy atom. The van der Waals surface area contributed by atoms with Crippen LogP contribution in [0.25, 0.3) is 0 Å². The van der Waals surface area contributed by atoms with Gasteiger partial charge in [-0.2, -0.15) is 0 Å². The summed E-state index contributed by atoms with van der Waals surface area (Å²) in [6, 6.07) is 3.33. The van der Waals surface area contributed by atoms with Gasteiger partial charge in [-0.3, -0.25) is 0 Å². The molecule has 0 unspecified atom stereocenters. The Bertz CT molecular complexity index is 361. The van der Waals surface area contributed by atoms with Gasteiger partial charge in [0.1, 0.15) is 0 Å². The van der Waals surface area contributed by atoms with Gasteiger partial charge in [0.05, 0.1) is 12.7 Å². The van der Waals surface area contributed by atoms with Crippen LogP contribution in [0.5, 0.6) is 0 Å². The van der Waals surface area contributed by atoms with E-state index in [4.69, 9.17) is 23.2 Å². The highest BCUT2D eigenvalue weighted by atomic mass is 35.5. The van der Waals surface area contributed by atoms with Crippen molar-refractivity contribution in [3.63, 3.8) is 0 Å². The van der Waals surface area contributed by atoms with Crippen LogP contribution in [0.2, 0.25) is 5.02 Å². The lowest BCUT2D eigenvalue weighted by Crippen LogP contribution is -2.05. The molecule has 0 aromatic heterocycles. The minimum Gasteiger partial charge on any atom is -0.465 e. The Morgan fingerprint density at radius 1 is 1.50 bits per heavy atom. The molecule has 0 bridgehead atoms. The van der Waals surface area contributed by atoms with Crippen molar-refractivity contribution in [3.8, 4) is 0 Å². The van der Waals surface area contributed by atoms with E-state index in [1.165, 1.54) is 7.11 Å². The lowest BCUT2D eigenvalue weighted by molar-refractivity contribution is 0.0600. The second-order valence-corrected chi connectivity index (χ2v) is 3.57. The fourth-order valence-electron chi connectivity index (χ4n) is 1.20. The van der Waals surface area contributed by atoms with E-state index in [0.29, 0.717) is 16.5 Å². The van der Waals surface area contributed by atoms with Crippen LogP contribution in [0.4, 0.5) is 0 Å². The van der Waals surface area contributed by atoms with Crippen LogP contribution in [0, 0.1) is 6.92 Å². The van der Waals surface area contributed by atoms with Gasteiger partial charge in [0.25, 0.3) is 0 Å². The maximum absolute atomic E-state index is 11.3. The first kappa shape index (κ1) is 11.3. The Balaban J connectivity index is 3.29. The summed E-state index contributed by atoms with van der Waals surface area (Å²) in [5.41, 5.74) is 2.13. The van der Waals surface area contributed by atoms with Crippen molar-refractivity contribution in [2.75, 3.05) is 7.11 Å². The molecule has 0 saturated carbocycles. The lowest BCUT2D eigenvalue weighted by Gasteiger charge is -2.08. The predicted molar refractivity (Wildman–Crippen MR) is 57.1 cm³/mol. The summed E-state index contributed by atoms with van der Waals surface area (Å²) in [5.74, 6) is -0.0625. The van der Waals surface area contributed by atoms with Gasteiger partial charge in [-0.15, -0.1) is 11.6 Å². The number of hydrogen-bond acceptors (Lipinski definition) is 2. The van der Waals surface area contributed by atoms with E-state index in [1.807, 2.05) is 6.92 Å². The predicted octanol–water partition coefficient (Wildman–Crippen LogP) is 3.17. The van der Waals surface area contributed by atoms with Crippen LogP contribution >= 0.6 is 23.2 Å². The van der Waals surface area contributed by atoms with Crippen molar-refractivity contribution >= 4 is 29.2 Å². The number of hydrogen-bond donors (Lipinski definition) is 0. The molecule has 0 atom stereocenters. The van der Waals surface area contributed by atoms with Crippen LogP contribution in [0.1, 0.15) is 21.5 Å². The van der Waals surface area contributed by atoms with Crippen molar-refractivity contribution < 1.29 is 9.53 Å². The van der Waals surface area contributed by atoms with Crippen molar-refractivity contribution in [2.24, 2.45) is 0 Å². The van der Waals surface area contributed by atoms with Crippen molar-refractivity contribution in [1.82, 2.24) is 0 Å². The van der Waals surface area contributed by atoms with Crippen LogP contribution in [-0.4, -0.2) is 13.1 Å². The van der Waals surface area contributed by atoms with Crippen LogP contribution < -0.4 is 0 Å². The molecule has 0 spiro atoms. The Kier molecular flexibility index (Phi) is 3.78. The number of alkyl halides is 1. The number of methoxy groups -OCH3 is 1. The minimum atomic E-state index is -0.392. The largest absolute Gasteiger partial charge is 0.465 e. The van der Waals surface area contributed by atoms with Gasteiger partial charge in [-0.05, 0) is 30.2 Å². The van der Waals surface area contributed by atoms with Gasteiger partial charge in [0.15, 0.2) is 0 Å². The van der Waals surface area contributed by atoms with Crippen LogP contribution in [-0.2, 0) is 10.6 Å². The molecule has 0 N–H and O–H groups in total. The summed E-state index contributed by atoms with van der Waals surface area (Å²) >= 11 is 11.5. The molecule has 14 heavy (non-hydrogen) atoms.